The van der Waals surface area contributed by atoms with Crippen molar-refractivity contribution in [2.45, 2.75) is 12.5 Å². The summed E-state index contributed by atoms with van der Waals surface area (Å²) in [6, 6.07) is 16.2. The minimum Gasteiger partial charge on any atom is -0.507 e. The molecule has 0 aliphatic carbocycles. The van der Waals surface area contributed by atoms with Gasteiger partial charge in [-0.1, -0.05) is 30.3 Å². The van der Waals surface area contributed by atoms with Gasteiger partial charge in [-0.25, -0.2) is 0 Å². The first-order chi connectivity index (χ1) is 9.84. The molecule has 1 aliphatic rings. The van der Waals surface area contributed by atoms with Gasteiger partial charge in [0.05, 0.1) is 17.8 Å². The number of phenolic OH excluding ortho intramolecular Hbond substituents is 1. The summed E-state index contributed by atoms with van der Waals surface area (Å²) >= 11 is 0. The molecule has 0 saturated heterocycles. The second-order valence-corrected chi connectivity index (χ2v) is 5.37. The van der Waals surface area contributed by atoms with E-state index in [4.69, 9.17) is 0 Å². The number of phenols is 1. The summed E-state index contributed by atoms with van der Waals surface area (Å²) < 4.78 is 0. The first kappa shape index (κ1) is 11.6. The molecule has 0 fully saturated rings. The van der Waals surface area contributed by atoms with Crippen LogP contribution in [0.1, 0.15) is 22.9 Å². The molecule has 1 aliphatic heterocycles. The largest absolute Gasteiger partial charge is 0.507 e. The molecule has 100 valence electrons. The number of nitrogens with one attached hydrogen (secondary N) is 1. The first-order valence-corrected chi connectivity index (χ1v) is 7.05. The Bertz CT molecular complexity index is 776. The van der Waals surface area contributed by atoms with E-state index in [0.29, 0.717) is 5.75 Å². The lowest BCUT2D eigenvalue weighted by Crippen LogP contribution is -2.87. The Morgan fingerprint density at radius 3 is 2.75 bits per heavy atom. The molecule has 0 amide bonds. The number of benzene rings is 2. The van der Waals surface area contributed by atoms with Crippen molar-refractivity contribution in [1.29, 1.82) is 0 Å². The van der Waals surface area contributed by atoms with Gasteiger partial charge in [0, 0.05) is 17.3 Å². The monoisotopic (exact) mass is 265 g/mol. The van der Waals surface area contributed by atoms with Gasteiger partial charge in [0.2, 0.25) is 0 Å². The minimum absolute atomic E-state index is 0.160. The summed E-state index contributed by atoms with van der Waals surface area (Å²) in [6.07, 6.45) is 1.07. The SMILES string of the molecule is Oc1ccccc1C1[NH2+]CCc2c1[nH]c1ccccc21. The molecule has 20 heavy (non-hydrogen) atoms. The van der Waals surface area contributed by atoms with Gasteiger partial charge in [0.25, 0.3) is 0 Å². The van der Waals surface area contributed by atoms with Gasteiger partial charge in [-0.05, 0) is 23.8 Å². The highest BCUT2D eigenvalue weighted by molar-refractivity contribution is 5.85. The number of quaternary nitrogens is 1. The molecular weight excluding hydrogens is 248 g/mol. The zero-order valence-electron chi connectivity index (χ0n) is 11.1. The van der Waals surface area contributed by atoms with Crippen molar-refractivity contribution in [3.63, 3.8) is 0 Å². The van der Waals surface area contributed by atoms with Gasteiger partial charge < -0.3 is 15.4 Å². The molecule has 1 aromatic heterocycles. The van der Waals surface area contributed by atoms with Gasteiger partial charge in [-0.3, -0.25) is 0 Å². The highest BCUT2D eigenvalue weighted by Crippen LogP contribution is 2.33. The van der Waals surface area contributed by atoms with Crippen molar-refractivity contribution in [3.8, 4) is 5.75 Å². The number of para-hydroxylation sites is 2. The standard InChI is InChI=1S/C17H16N2O/c20-15-8-4-2-6-13(15)16-17-12(9-10-18-16)11-5-1-3-7-14(11)19-17/h1-8,16,18-20H,9-10H2/p+1. The summed E-state index contributed by atoms with van der Waals surface area (Å²) in [5.41, 5.74) is 4.81. The van der Waals surface area contributed by atoms with E-state index in [-0.39, 0.29) is 6.04 Å². The van der Waals surface area contributed by atoms with Gasteiger partial charge in [-0.15, -0.1) is 0 Å². The molecular formula is C17H17N2O+. The summed E-state index contributed by atoms with van der Waals surface area (Å²) in [5, 5.41) is 13.7. The molecule has 0 spiro atoms. The van der Waals surface area contributed by atoms with Crippen molar-refractivity contribution in [3.05, 3.63) is 65.4 Å². The zero-order chi connectivity index (χ0) is 13.5. The van der Waals surface area contributed by atoms with Crippen LogP contribution in [0.3, 0.4) is 0 Å². The Kier molecular flexibility index (Phi) is 2.54. The number of aromatic hydroxyl groups is 1. The van der Waals surface area contributed by atoms with E-state index in [0.717, 1.165) is 18.5 Å². The molecule has 2 aromatic carbocycles. The van der Waals surface area contributed by atoms with Crippen LogP contribution in [0, 0.1) is 0 Å². The Morgan fingerprint density at radius 1 is 1.05 bits per heavy atom. The topological polar surface area (TPSA) is 52.6 Å². The molecule has 3 nitrogen and oxygen atoms in total. The van der Waals surface area contributed by atoms with Crippen LogP contribution < -0.4 is 5.32 Å². The first-order valence-electron chi connectivity index (χ1n) is 7.05. The summed E-state index contributed by atoms with van der Waals surface area (Å²) in [7, 11) is 0. The van der Waals surface area contributed by atoms with Crippen molar-refractivity contribution in [1.82, 2.24) is 4.98 Å². The Labute approximate surface area is 117 Å². The molecule has 0 saturated carbocycles. The van der Waals surface area contributed by atoms with E-state index in [2.05, 4.69) is 34.6 Å². The number of aromatic nitrogens is 1. The number of H-pyrrole nitrogens is 1. The Hall–Kier alpha value is -2.26. The zero-order valence-corrected chi connectivity index (χ0v) is 11.1. The van der Waals surface area contributed by atoms with Crippen LogP contribution in [0.15, 0.2) is 48.5 Å². The minimum atomic E-state index is 0.160. The van der Waals surface area contributed by atoms with E-state index < -0.39 is 0 Å². The fraction of sp³-hybridized carbons (Fsp3) is 0.176. The molecule has 1 atom stereocenters. The van der Waals surface area contributed by atoms with Crippen molar-refractivity contribution < 1.29 is 10.4 Å². The van der Waals surface area contributed by atoms with Crippen molar-refractivity contribution in [2.24, 2.45) is 0 Å². The predicted octanol–water partition coefficient (Wildman–Crippen LogP) is 2.08. The molecule has 3 heteroatoms. The van der Waals surface area contributed by atoms with Gasteiger partial charge in [0.1, 0.15) is 5.75 Å². The van der Waals surface area contributed by atoms with Gasteiger partial charge in [-0.2, -0.15) is 0 Å². The van der Waals surface area contributed by atoms with Crippen LogP contribution in [0.4, 0.5) is 0 Å². The third-order valence-electron chi connectivity index (χ3n) is 4.23. The van der Waals surface area contributed by atoms with Crippen LogP contribution in [0.5, 0.6) is 5.75 Å². The molecule has 4 N–H and O–H groups in total. The van der Waals surface area contributed by atoms with E-state index in [9.17, 15) is 5.11 Å². The molecule has 3 aromatic rings. The molecule has 1 unspecified atom stereocenters. The van der Waals surface area contributed by atoms with E-state index in [1.54, 1.807) is 6.07 Å². The molecule has 0 bridgehead atoms. The highest BCUT2D eigenvalue weighted by atomic mass is 16.3. The summed E-state index contributed by atoms with van der Waals surface area (Å²) in [4.78, 5) is 3.55. The molecule has 4 rings (SSSR count). The van der Waals surface area contributed by atoms with E-state index in [1.165, 1.54) is 22.2 Å². The molecule has 0 radical (unpaired) electrons. The predicted molar refractivity (Wildman–Crippen MR) is 78.7 cm³/mol. The fourth-order valence-electron chi connectivity index (χ4n) is 3.30. The second kappa shape index (κ2) is 4.39. The van der Waals surface area contributed by atoms with E-state index in [1.807, 2.05) is 18.2 Å². The van der Waals surface area contributed by atoms with Gasteiger partial charge >= 0.3 is 0 Å². The van der Waals surface area contributed by atoms with Crippen LogP contribution >= 0.6 is 0 Å². The smallest absolute Gasteiger partial charge is 0.156 e. The maximum atomic E-state index is 10.1. The normalized spacial score (nSPS) is 18.1. The number of rotatable bonds is 1. The Morgan fingerprint density at radius 2 is 1.85 bits per heavy atom. The lowest BCUT2D eigenvalue weighted by molar-refractivity contribution is -0.690. The average molecular weight is 265 g/mol. The number of aromatic amines is 1. The Balaban J connectivity index is 1.92. The van der Waals surface area contributed by atoms with E-state index >= 15 is 0 Å². The van der Waals surface area contributed by atoms with Crippen molar-refractivity contribution in [2.75, 3.05) is 6.54 Å². The molecule has 2 heterocycles. The summed E-state index contributed by atoms with van der Waals surface area (Å²) in [5.74, 6) is 0.375. The number of nitrogens with two attached hydrogens (primary N) is 1. The van der Waals surface area contributed by atoms with Gasteiger partial charge in [0.15, 0.2) is 6.04 Å². The summed E-state index contributed by atoms with van der Waals surface area (Å²) in [6.45, 7) is 1.05. The number of hydrogen-bond donors (Lipinski definition) is 3. The maximum Gasteiger partial charge on any atom is 0.156 e. The maximum absolute atomic E-state index is 10.1. The second-order valence-electron chi connectivity index (χ2n) is 5.37. The fourth-order valence-corrected chi connectivity index (χ4v) is 3.30. The lowest BCUT2D eigenvalue weighted by Gasteiger charge is -2.22. The van der Waals surface area contributed by atoms with Crippen molar-refractivity contribution >= 4 is 10.9 Å². The third-order valence-corrected chi connectivity index (χ3v) is 4.23. The lowest BCUT2D eigenvalue weighted by atomic mass is 9.94. The van der Waals surface area contributed by atoms with Crippen LogP contribution in [-0.4, -0.2) is 16.6 Å². The average Bonchev–Trinajstić information content (AvgIpc) is 2.86. The third kappa shape index (κ3) is 1.63. The number of hydrogen-bond acceptors (Lipinski definition) is 1. The van der Waals surface area contributed by atoms with Crippen LogP contribution in [0.2, 0.25) is 0 Å². The highest BCUT2D eigenvalue weighted by Gasteiger charge is 2.29. The van der Waals surface area contributed by atoms with Crippen LogP contribution in [0.25, 0.3) is 10.9 Å². The van der Waals surface area contributed by atoms with Crippen LogP contribution in [-0.2, 0) is 6.42 Å². The number of fused-ring (bicyclic) bond motifs is 3. The quantitative estimate of drug-likeness (QED) is 0.620.